The summed E-state index contributed by atoms with van der Waals surface area (Å²) in [6.07, 6.45) is 7.94. The fourth-order valence-corrected chi connectivity index (χ4v) is 4.02. The Hall–Kier alpha value is -1.52. The molecule has 0 aliphatic heterocycles. The van der Waals surface area contributed by atoms with Crippen LogP contribution in [0.25, 0.3) is 0 Å². The third-order valence-corrected chi connectivity index (χ3v) is 5.44. The molecular formula is C22H28BrNO2. The molecule has 0 heterocycles. The number of nitrogens with one attached hydrogen (secondary N) is 1. The molecule has 1 fully saturated rings. The monoisotopic (exact) mass is 417 g/mol. The molecule has 0 bridgehead atoms. The number of ether oxygens (including phenoxy) is 2. The standard InChI is InChI=1S/C22H28BrNO2/c1-25-21-14-19(23)13-18(15-24-20-11-7-2-3-8-12-20)22(21)26-16-17-9-5-4-6-10-17/h4-6,9-10,13-14,20,24H,2-3,7-8,11-12,15-16H2,1H3. The highest BCUT2D eigenvalue weighted by molar-refractivity contribution is 9.10. The van der Waals surface area contributed by atoms with Gasteiger partial charge in [-0.3, -0.25) is 0 Å². The van der Waals surface area contributed by atoms with Crippen LogP contribution in [0, 0.1) is 0 Å². The van der Waals surface area contributed by atoms with Crippen LogP contribution in [0.5, 0.6) is 11.5 Å². The lowest BCUT2D eigenvalue weighted by Crippen LogP contribution is -2.28. The van der Waals surface area contributed by atoms with E-state index in [2.05, 4.69) is 39.4 Å². The van der Waals surface area contributed by atoms with Crippen LogP contribution >= 0.6 is 15.9 Å². The molecule has 1 saturated carbocycles. The van der Waals surface area contributed by atoms with Crippen LogP contribution in [0.3, 0.4) is 0 Å². The first kappa shape index (κ1) is 19.2. The van der Waals surface area contributed by atoms with Crippen LogP contribution in [0.1, 0.15) is 49.7 Å². The van der Waals surface area contributed by atoms with Crippen molar-refractivity contribution in [3.05, 3.63) is 58.1 Å². The van der Waals surface area contributed by atoms with Crippen molar-refractivity contribution in [2.75, 3.05) is 7.11 Å². The van der Waals surface area contributed by atoms with Gasteiger partial charge in [-0.25, -0.2) is 0 Å². The second-order valence-electron chi connectivity index (χ2n) is 6.94. The minimum Gasteiger partial charge on any atom is -0.493 e. The summed E-state index contributed by atoms with van der Waals surface area (Å²) in [5.41, 5.74) is 2.29. The van der Waals surface area contributed by atoms with Gasteiger partial charge < -0.3 is 14.8 Å². The van der Waals surface area contributed by atoms with Crippen LogP contribution in [-0.4, -0.2) is 13.2 Å². The molecule has 2 aromatic carbocycles. The Labute approximate surface area is 165 Å². The summed E-state index contributed by atoms with van der Waals surface area (Å²) >= 11 is 3.60. The molecule has 0 atom stereocenters. The van der Waals surface area contributed by atoms with E-state index in [1.54, 1.807) is 7.11 Å². The van der Waals surface area contributed by atoms with E-state index < -0.39 is 0 Å². The fraction of sp³-hybridized carbons (Fsp3) is 0.455. The minimum atomic E-state index is 0.537. The first-order valence-electron chi connectivity index (χ1n) is 9.53. The molecule has 3 nitrogen and oxygen atoms in total. The lowest BCUT2D eigenvalue weighted by Gasteiger charge is -2.20. The number of methoxy groups -OCH3 is 1. The van der Waals surface area contributed by atoms with Crippen LogP contribution in [0.2, 0.25) is 0 Å². The highest BCUT2D eigenvalue weighted by Crippen LogP contribution is 2.35. The largest absolute Gasteiger partial charge is 0.493 e. The summed E-state index contributed by atoms with van der Waals surface area (Å²) in [5.74, 6) is 1.61. The summed E-state index contributed by atoms with van der Waals surface area (Å²) in [6.45, 7) is 1.33. The molecule has 3 rings (SSSR count). The smallest absolute Gasteiger partial charge is 0.166 e. The highest BCUT2D eigenvalue weighted by Gasteiger charge is 2.16. The van der Waals surface area contributed by atoms with Crippen LogP contribution in [0.4, 0.5) is 0 Å². The molecule has 140 valence electrons. The second-order valence-corrected chi connectivity index (χ2v) is 7.86. The summed E-state index contributed by atoms with van der Waals surface area (Å²) < 4.78 is 12.8. The predicted molar refractivity (Wildman–Crippen MR) is 110 cm³/mol. The van der Waals surface area contributed by atoms with Crippen molar-refractivity contribution in [2.24, 2.45) is 0 Å². The van der Waals surface area contributed by atoms with Gasteiger partial charge in [-0.15, -0.1) is 0 Å². The highest BCUT2D eigenvalue weighted by atomic mass is 79.9. The molecule has 1 N–H and O–H groups in total. The van der Waals surface area contributed by atoms with E-state index in [1.807, 2.05) is 24.3 Å². The SMILES string of the molecule is COc1cc(Br)cc(CNC2CCCCCC2)c1OCc1ccccc1. The van der Waals surface area contributed by atoms with Gasteiger partial charge in [0, 0.05) is 22.6 Å². The van der Waals surface area contributed by atoms with E-state index in [4.69, 9.17) is 9.47 Å². The summed E-state index contributed by atoms with van der Waals surface area (Å²) in [6, 6.07) is 14.9. The first-order chi connectivity index (χ1) is 12.8. The van der Waals surface area contributed by atoms with Gasteiger partial charge in [0.2, 0.25) is 0 Å². The number of hydrogen-bond donors (Lipinski definition) is 1. The molecule has 0 saturated heterocycles. The minimum absolute atomic E-state index is 0.537. The molecule has 1 aliphatic rings. The third kappa shape index (κ3) is 5.49. The van der Waals surface area contributed by atoms with Crippen molar-refractivity contribution in [3.63, 3.8) is 0 Å². The molecule has 0 spiro atoms. The number of hydrogen-bond acceptors (Lipinski definition) is 3. The van der Waals surface area contributed by atoms with Crippen molar-refractivity contribution in [1.82, 2.24) is 5.32 Å². The molecule has 0 unspecified atom stereocenters. The molecule has 1 aliphatic carbocycles. The Balaban J connectivity index is 1.73. The summed E-state index contributed by atoms with van der Waals surface area (Å²) in [5, 5.41) is 3.74. The Morgan fingerprint density at radius 2 is 1.77 bits per heavy atom. The van der Waals surface area contributed by atoms with Gasteiger partial charge in [0.15, 0.2) is 11.5 Å². The molecule has 0 radical (unpaired) electrons. The Morgan fingerprint density at radius 1 is 1.04 bits per heavy atom. The summed E-state index contributed by atoms with van der Waals surface area (Å²) in [4.78, 5) is 0. The second kappa shape index (κ2) is 9.98. The Bertz CT molecular complexity index is 682. The Morgan fingerprint density at radius 3 is 2.46 bits per heavy atom. The molecular weight excluding hydrogens is 390 g/mol. The van der Waals surface area contributed by atoms with Gasteiger partial charge in [-0.1, -0.05) is 71.9 Å². The number of halogens is 1. The number of benzene rings is 2. The lowest BCUT2D eigenvalue weighted by atomic mass is 10.1. The molecule has 4 heteroatoms. The normalized spacial score (nSPS) is 15.5. The average molecular weight is 418 g/mol. The van der Waals surface area contributed by atoms with E-state index in [9.17, 15) is 0 Å². The van der Waals surface area contributed by atoms with Crippen molar-refractivity contribution in [1.29, 1.82) is 0 Å². The van der Waals surface area contributed by atoms with Gasteiger partial charge in [0.25, 0.3) is 0 Å². The van der Waals surface area contributed by atoms with E-state index in [0.717, 1.165) is 33.6 Å². The first-order valence-corrected chi connectivity index (χ1v) is 10.3. The van der Waals surface area contributed by atoms with E-state index in [-0.39, 0.29) is 0 Å². The van der Waals surface area contributed by atoms with Crippen molar-refractivity contribution < 1.29 is 9.47 Å². The van der Waals surface area contributed by atoms with Crippen molar-refractivity contribution >= 4 is 15.9 Å². The van der Waals surface area contributed by atoms with Crippen LogP contribution in [-0.2, 0) is 13.2 Å². The molecule has 0 aromatic heterocycles. The fourth-order valence-electron chi connectivity index (χ4n) is 3.54. The van der Waals surface area contributed by atoms with Crippen molar-refractivity contribution in [2.45, 2.75) is 57.7 Å². The van der Waals surface area contributed by atoms with Crippen LogP contribution < -0.4 is 14.8 Å². The zero-order valence-electron chi connectivity index (χ0n) is 15.5. The van der Waals surface area contributed by atoms with Crippen LogP contribution in [0.15, 0.2) is 46.9 Å². The maximum atomic E-state index is 6.18. The van der Waals surface area contributed by atoms with Gasteiger partial charge in [-0.05, 0) is 30.5 Å². The maximum Gasteiger partial charge on any atom is 0.166 e. The third-order valence-electron chi connectivity index (χ3n) is 4.98. The number of rotatable bonds is 7. The molecule has 26 heavy (non-hydrogen) atoms. The van der Waals surface area contributed by atoms with Gasteiger partial charge in [-0.2, -0.15) is 0 Å². The Kier molecular flexibility index (Phi) is 7.39. The van der Waals surface area contributed by atoms with Gasteiger partial charge >= 0.3 is 0 Å². The average Bonchev–Trinajstić information content (AvgIpc) is 2.94. The van der Waals surface area contributed by atoms with E-state index in [1.165, 1.54) is 38.5 Å². The topological polar surface area (TPSA) is 30.5 Å². The zero-order valence-corrected chi connectivity index (χ0v) is 17.1. The zero-order chi connectivity index (χ0) is 18.2. The predicted octanol–water partition coefficient (Wildman–Crippen LogP) is 5.85. The van der Waals surface area contributed by atoms with Gasteiger partial charge in [0.05, 0.1) is 7.11 Å². The lowest BCUT2D eigenvalue weighted by molar-refractivity contribution is 0.279. The van der Waals surface area contributed by atoms with Crippen molar-refractivity contribution in [3.8, 4) is 11.5 Å². The molecule has 2 aromatic rings. The van der Waals surface area contributed by atoms with Gasteiger partial charge in [0.1, 0.15) is 6.61 Å². The van der Waals surface area contributed by atoms with E-state index in [0.29, 0.717) is 12.6 Å². The maximum absolute atomic E-state index is 6.18. The summed E-state index contributed by atoms with van der Waals surface area (Å²) in [7, 11) is 1.69. The van der Waals surface area contributed by atoms with E-state index >= 15 is 0 Å². The quantitative estimate of drug-likeness (QED) is 0.573. The molecule has 0 amide bonds.